The third-order valence-corrected chi connectivity index (χ3v) is 6.29. The Morgan fingerprint density at radius 2 is 1.62 bits per heavy atom. The van der Waals surface area contributed by atoms with Crippen LogP contribution in [0.2, 0.25) is 0 Å². The van der Waals surface area contributed by atoms with Crippen molar-refractivity contribution >= 4 is 6.08 Å². The molecular weight excluding hydrogens is 352 g/mol. The normalized spacial score (nSPS) is 19.5. The van der Waals surface area contributed by atoms with Crippen molar-refractivity contribution in [3.05, 3.63) is 89.5 Å². The van der Waals surface area contributed by atoms with Gasteiger partial charge < -0.3 is 4.74 Å². The van der Waals surface area contributed by atoms with E-state index in [1.54, 1.807) is 0 Å². The highest BCUT2D eigenvalue weighted by Gasteiger charge is 2.22. The quantitative estimate of drug-likeness (QED) is 0.299. The topological polar surface area (TPSA) is 9.23 Å². The van der Waals surface area contributed by atoms with E-state index < -0.39 is 0 Å². The number of hydrogen-bond acceptors (Lipinski definition) is 1. The molecule has 0 unspecified atom stereocenters. The molecule has 0 bridgehead atoms. The van der Waals surface area contributed by atoms with Crippen molar-refractivity contribution in [3.63, 3.8) is 0 Å². The lowest BCUT2D eigenvalue weighted by molar-refractivity contribution is 0.125. The number of hydrogen-bond donors (Lipinski definition) is 0. The fourth-order valence-corrected chi connectivity index (χ4v) is 4.37. The van der Waals surface area contributed by atoms with Crippen LogP contribution in [0.4, 0.5) is 0 Å². The van der Waals surface area contributed by atoms with Gasteiger partial charge in [0.05, 0.1) is 13.2 Å². The highest BCUT2D eigenvalue weighted by molar-refractivity contribution is 5.47. The third kappa shape index (κ3) is 7.01. The average molecular weight is 389 g/mol. The zero-order valence-corrected chi connectivity index (χ0v) is 18.0. The Morgan fingerprint density at radius 3 is 2.28 bits per heavy atom. The van der Waals surface area contributed by atoms with Crippen LogP contribution in [0.1, 0.15) is 73.6 Å². The highest BCUT2D eigenvalue weighted by atomic mass is 16.5. The molecule has 0 heterocycles. The number of aryl methyl sites for hydroxylation is 1. The molecule has 2 aromatic carbocycles. The molecule has 1 saturated carbocycles. The molecule has 154 valence electrons. The van der Waals surface area contributed by atoms with Gasteiger partial charge in [-0.3, -0.25) is 0 Å². The lowest BCUT2D eigenvalue weighted by Gasteiger charge is -2.29. The van der Waals surface area contributed by atoms with Crippen LogP contribution < -0.4 is 0 Å². The van der Waals surface area contributed by atoms with E-state index in [0.29, 0.717) is 0 Å². The van der Waals surface area contributed by atoms with Gasteiger partial charge in [0, 0.05) is 0 Å². The summed E-state index contributed by atoms with van der Waals surface area (Å²) >= 11 is 0. The van der Waals surface area contributed by atoms with Gasteiger partial charge in [-0.2, -0.15) is 0 Å². The second-order valence-corrected chi connectivity index (χ2v) is 8.35. The van der Waals surface area contributed by atoms with Crippen molar-refractivity contribution in [3.8, 4) is 0 Å². The van der Waals surface area contributed by atoms with Gasteiger partial charge in [0.15, 0.2) is 0 Å². The van der Waals surface area contributed by atoms with Gasteiger partial charge in [0.25, 0.3) is 0 Å². The van der Waals surface area contributed by atoms with Crippen LogP contribution in [-0.4, -0.2) is 6.61 Å². The van der Waals surface area contributed by atoms with Crippen molar-refractivity contribution < 1.29 is 4.74 Å². The maximum absolute atomic E-state index is 5.74. The molecule has 0 radical (unpaired) electrons. The molecule has 1 nitrogen and oxygen atoms in total. The molecular formula is C28H36O. The molecule has 0 atom stereocenters. The van der Waals surface area contributed by atoms with E-state index >= 15 is 0 Å². The molecule has 3 rings (SSSR count). The Balaban J connectivity index is 1.38. The summed E-state index contributed by atoms with van der Waals surface area (Å²) in [4.78, 5) is 0. The van der Waals surface area contributed by atoms with E-state index in [4.69, 9.17) is 4.74 Å². The van der Waals surface area contributed by atoms with E-state index in [-0.39, 0.29) is 0 Å². The summed E-state index contributed by atoms with van der Waals surface area (Å²) in [5.74, 6) is 1.62. The Hall–Kier alpha value is -2.12. The Labute approximate surface area is 177 Å². The van der Waals surface area contributed by atoms with Gasteiger partial charge in [-0.05, 0) is 86.0 Å². The molecule has 0 N–H and O–H groups in total. The first-order valence-electron chi connectivity index (χ1n) is 11.3. The lowest BCUT2D eigenvalue weighted by Crippen LogP contribution is -2.14. The summed E-state index contributed by atoms with van der Waals surface area (Å²) < 4.78 is 5.74. The van der Waals surface area contributed by atoms with Crippen molar-refractivity contribution in [2.24, 2.45) is 5.92 Å². The molecule has 1 heteroatoms. The summed E-state index contributed by atoms with van der Waals surface area (Å²) in [6.45, 7) is 7.40. The van der Waals surface area contributed by atoms with Gasteiger partial charge in [-0.25, -0.2) is 0 Å². The predicted molar refractivity (Wildman–Crippen MR) is 125 cm³/mol. The molecule has 0 spiro atoms. The minimum atomic E-state index is 0.721. The van der Waals surface area contributed by atoms with Crippen molar-refractivity contribution in [2.75, 3.05) is 6.61 Å². The Bertz CT molecular complexity index is 746. The summed E-state index contributed by atoms with van der Waals surface area (Å²) in [6.07, 6.45) is 15.1. The second kappa shape index (κ2) is 11.8. The first-order chi connectivity index (χ1) is 14.3. The molecule has 1 aliphatic rings. The smallest absolute Gasteiger partial charge is 0.0717 e. The standard InChI is InChI=1S/C28H36O/c1-3-5-6-21-29-22-26-15-19-28(20-16-26)27-17-13-25(14-18-27)12-11-24-9-7-23(4-2)8-10-24/h3-5,7-10,15-16,19-20,25,27H,2,6,11-14,17-18,21-22H2,1H3. The largest absolute Gasteiger partial charge is 0.376 e. The zero-order chi connectivity index (χ0) is 20.3. The van der Waals surface area contributed by atoms with Gasteiger partial charge in [-0.15, -0.1) is 0 Å². The number of benzene rings is 2. The average Bonchev–Trinajstić information content (AvgIpc) is 2.79. The zero-order valence-electron chi connectivity index (χ0n) is 18.0. The van der Waals surface area contributed by atoms with E-state index in [2.05, 4.69) is 67.3 Å². The van der Waals surface area contributed by atoms with Gasteiger partial charge in [0.2, 0.25) is 0 Å². The van der Waals surface area contributed by atoms with Crippen LogP contribution in [0.15, 0.2) is 67.3 Å². The van der Waals surface area contributed by atoms with E-state index in [1.165, 1.54) is 60.8 Å². The highest BCUT2D eigenvalue weighted by Crippen LogP contribution is 2.37. The molecule has 1 fully saturated rings. The van der Waals surface area contributed by atoms with Crippen LogP contribution in [0, 0.1) is 5.92 Å². The van der Waals surface area contributed by atoms with Crippen molar-refractivity contribution in [1.82, 2.24) is 0 Å². The minimum Gasteiger partial charge on any atom is -0.376 e. The maximum Gasteiger partial charge on any atom is 0.0717 e. The van der Waals surface area contributed by atoms with Crippen LogP contribution >= 0.6 is 0 Å². The van der Waals surface area contributed by atoms with Crippen LogP contribution in [0.3, 0.4) is 0 Å². The first-order valence-corrected chi connectivity index (χ1v) is 11.3. The number of allylic oxidation sites excluding steroid dienone is 1. The van der Waals surface area contributed by atoms with E-state index in [0.717, 1.165) is 31.5 Å². The molecule has 29 heavy (non-hydrogen) atoms. The molecule has 1 aliphatic carbocycles. The summed E-state index contributed by atoms with van der Waals surface area (Å²) in [5, 5.41) is 0. The second-order valence-electron chi connectivity index (χ2n) is 8.35. The number of rotatable bonds is 10. The van der Waals surface area contributed by atoms with Crippen LogP contribution in [0.5, 0.6) is 0 Å². The fraction of sp³-hybridized carbons (Fsp3) is 0.429. The van der Waals surface area contributed by atoms with E-state index in [9.17, 15) is 0 Å². The molecule has 0 aliphatic heterocycles. The summed E-state index contributed by atoms with van der Waals surface area (Å²) in [7, 11) is 0. The molecule has 0 saturated heterocycles. The molecule has 0 amide bonds. The molecule has 0 aromatic heterocycles. The monoisotopic (exact) mass is 388 g/mol. The Kier molecular flexibility index (Phi) is 8.77. The van der Waals surface area contributed by atoms with Gasteiger partial charge in [0.1, 0.15) is 0 Å². The fourth-order valence-electron chi connectivity index (χ4n) is 4.37. The SMILES string of the molecule is C=Cc1ccc(CCC2CCC(c3ccc(COCCC=CC)cc3)CC2)cc1. The van der Waals surface area contributed by atoms with E-state index in [1.807, 2.05) is 13.0 Å². The summed E-state index contributed by atoms with van der Waals surface area (Å²) in [5.41, 5.74) is 5.47. The lowest BCUT2D eigenvalue weighted by atomic mass is 9.77. The summed E-state index contributed by atoms with van der Waals surface area (Å²) in [6, 6.07) is 18.0. The van der Waals surface area contributed by atoms with Crippen molar-refractivity contribution in [1.29, 1.82) is 0 Å². The van der Waals surface area contributed by atoms with Crippen LogP contribution in [-0.2, 0) is 17.8 Å². The Morgan fingerprint density at radius 1 is 0.931 bits per heavy atom. The van der Waals surface area contributed by atoms with Gasteiger partial charge in [-0.1, -0.05) is 73.3 Å². The number of ether oxygens (including phenoxy) is 1. The predicted octanol–water partition coefficient (Wildman–Crippen LogP) is 7.72. The minimum absolute atomic E-state index is 0.721. The maximum atomic E-state index is 5.74. The molecule has 2 aromatic rings. The van der Waals surface area contributed by atoms with Gasteiger partial charge >= 0.3 is 0 Å². The third-order valence-electron chi connectivity index (χ3n) is 6.29. The first kappa shape index (κ1) is 21.6. The van der Waals surface area contributed by atoms with Crippen molar-refractivity contribution in [2.45, 2.75) is 64.4 Å². The van der Waals surface area contributed by atoms with Crippen LogP contribution in [0.25, 0.3) is 6.08 Å².